The third-order valence-electron chi connectivity index (χ3n) is 3.95. The monoisotopic (exact) mass is 339 g/mol. The lowest BCUT2D eigenvalue weighted by molar-refractivity contribution is 0.256. The zero-order chi connectivity index (χ0) is 17.8. The maximum Gasteiger partial charge on any atom is 0.204 e. The van der Waals surface area contributed by atoms with E-state index >= 15 is 0 Å². The van der Waals surface area contributed by atoms with Crippen LogP contribution in [-0.2, 0) is 13.7 Å². The van der Waals surface area contributed by atoms with Crippen molar-refractivity contribution in [2.75, 3.05) is 14.2 Å². The second kappa shape index (κ2) is 7.25. The van der Waals surface area contributed by atoms with Crippen molar-refractivity contribution in [1.29, 1.82) is 0 Å². The van der Waals surface area contributed by atoms with Crippen molar-refractivity contribution < 1.29 is 14.2 Å². The molecule has 0 aliphatic carbocycles. The van der Waals surface area contributed by atoms with Crippen LogP contribution in [0.3, 0.4) is 0 Å². The molecule has 0 radical (unpaired) electrons. The molecule has 0 N–H and O–H groups in total. The summed E-state index contributed by atoms with van der Waals surface area (Å²) in [4.78, 5) is 0. The summed E-state index contributed by atoms with van der Waals surface area (Å²) in [6, 6.07) is 13.7. The van der Waals surface area contributed by atoms with Gasteiger partial charge >= 0.3 is 0 Å². The molecule has 0 atom stereocenters. The predicted molar refractivity (Wildman–Crippen MR) is 95.1 cm³/mol. The quantitative estimate of drug-likeness (QED) is 0.689. The van der Waals surface area contributed by atoms with E-state index in [4.69, 9.17) is 14.2 Å². The lowest BCUT2D eigenvalue weighted by Gasteiger charge is -2.15. The zero-order valence-corrected chi connectivity index (χ0v) is 14.8. The second-order valence-electron chi connectivity index (χ2n) is 5.65. The standard InChI is InChI=1S/C19H21N3O3/c1-13-10-15(23-3)18(16(11-13)24-4)25-12-17-20-21-19(22(17)2)14-8-6-5-7-9-14/h5-11H,12H2,1-4H3. The molecule has 2 aromatic carbocycles. The summed E-state index contributed by atoms with van der Waals surface area (Å²) < 4.78 is 18.7. The fraction of sp³-hybridized carbons (Fsp3) is 0.263. The van der Waals surface area contributed by atoms with Crippen LogP contribution in [-0.4, -0.2) is 29.0 Å². The van der Waals surface area contributed by atoms with E-state index in [9.17, 15) is 0 Å². The highest BCUT2D eigenvalue weighted by Crippen LogP contribution is 2.38. The maximum absolute atomic E-state index is 5.95. The molecule has 6 heteroatoms. The van der Waals surface area contributed by atoms with Gasteiger partial charge in [-0.25, -0.2) is 0 Å². The van der Waals surface area contributed by atoms with Crippen molar-refractivity contribution in [3.63, 3.8) is 0 Å². The number of aromatic nitrogens is 3. The first-order chi connectivity index (χ1) is 12.1. The first-order valence-electron chi connectivity index (χ1n) is 7.93. The molecule has 0 amide bonds. The minimum absolute atomic E-state index is 0.256. The average molecular weight is 339 g/mol. The number of nitrogens with zero attached hydrogens (tertiary/aromatic N) is 3. The summed E-state index contributed by atoms with van der Waals surface area (Å²) in [5.41, 5.74) is 2.04. The second-order valence-corrected chi connectivity index (χ2v) is 5.65. The number of hydrogen-bond donors (Lipinski definition) is 0. The van der Waals surface area contributed by atoms with Crippen LogP contribution in [0, 0.1) is 6.92 Å². The van der Waals surface area contributed by atoms with Crippen LogP contribution in [0.4, 0.5) is 0 Å². The first-order valence-corrected chi connectivity index (χ1v) is 7.93. The van der Waals surface area contributed by atoms with Crippen molar-refractivity contribution in [2.45, 2.75) is 13.5 Å². The Morgan fingerprint density at radius 1 is 0.960 bits per heavy atom. The summed E-state index contributed by atoms with van der Waals surface area (Å²) in [6.45, 7) is 2.23. The molecule has 0 spiro atoms. The Labute approximate surface area is 147 Å². The van der Waals surface area contributed by atoms with E-state index in [1.54, 1.807) is 14.2 Å². The fourth-order valence-electron chi connectivity index (χ4n) is 2.62. The molecular formula is C19H21N3O3. The van der Waals surface area contributed by atoms with Crippen molar-refractivity contribution in [2.24, 2.45) is 7.05 Å². The van der Waals surface area contributed by atoms with Gasteiger partial charge in [-0.3, -0.25) is 0 Å². The minimum Gasteiger partial charge on any atom is -0.493 e. The van der Waals surface area contributed by atoms with Crippen molar-refractivity contribution in [1.82, 2.24) is 14.8 Å². The van der Waals surface area contributed by atoms with Gasteiger partial charge in [-0.1, -0.05) is 30.3 Å². The third-order valence-corrected chi connectivity index (χ3v) is 3.95. The Hall–Kier alpha value is -3.02. The van der Waals surface area contributed by atoms with Crippen LogP contribution in [0.5, 0.6) is 17.2 Å². The van der Waals surface area contributed by atoms with Gasteiger partial charge in [-0.15, -0.1) is 10.2 Å². The lowest BCUT2D eigenvalue weighted by Crippen LogP contribution is -2.06. The molecule has 1 aromatic heterocycles. The van der Waals surface area contributed by atoms with Crippen LogP contribution in [0.1, 0.15) is 11.4 Å². The molecule has 0 aliphatic rings. The Bertz CT molecular complexity index is 835. The Morgan fingerprint density at radius 2 is 1.60 bits per heavy atom. The number of benzene rings is 2. The van der Waals surface area contributed by atoms with Gasteiger partial charge in [0.2, 0.25) is 5.75 Å². The van der Waals surface area contributed by atoms with Gasteiger partial charge in [0, 0.05) is 12.6 Å². The van der Waals surface area contributed by atoms with Gasteiger partial charge in [0.25, 0.3) is 0 Å². The third kappa shape index (κ3) is 3.42. The smallest absolute Gasteiger partial charge is 0.204 e. The lowest BCUT2D eigenvalue weighted by atomic mass is 10.2. The van der Waals surface area contributed by atoms with Gasteiger partial charge in [0.1, 0.15) is 6.61 Å². The molecule has 1 heterocycles. The summed E-state index contributed by atoms with van der Waals surface area (Å²) >= 11 is 0. The van der Waals surface area contributed by atoms with Crippen molar-refractivity contribution in [3.8, 4) is 28.6 Å². The molecule has 0 fully saturated rings. The van der Waals surface area contributed by atoms with E-state index in [-0.39, 0.29) is 6.61 Å². The van der Waals surface area contributed by atoms with Gasteiger partial charge in [0.05, 0.1) is 14.2 Å². The van der Waals surface area contributed by atoms with E-state index < -0.39 is 0 Å². The molecule has 3 aromatic rings. The van der Waals surface area contributed by atoms with Crippen LogP contribution in [0.2, 0.25) is 0 Å². The van der Waals surface area contributed by atoms with Gasteiger partial charge in [-0.05, 0) is 24.6 Å². The number of aryl methyl sites for hydroxylation is 1. The number of hydrogen-bond acceptors (Lipinski definition) is 5. The fourth-order valence-corrected chi connectivity index (χ4v) is 2.62. The molecular weight excluding hydrogens is 318 g/mol. The molecule has 0 saturated carbocycles. The summed E-state index contributed by atoms with van der Waals surface area (Å²) in [5, 5.41) is 8.51. The predicted octanol–water partition coefficient (Wildman–Crippen LogP) is 3.39. The number of methoxy groups -OCH3 is 2. The van der Waals surface area contributed by atoms with E-state index in [0.717, 1.165) is 17.0 Å². The molecule has 0 saturated heterocycles. The van der Waals surface area contributed by atoms with Crippen molar-refractivity contribution >= 4 is 0 Å². The highest BCUT2D eigenvalue weighted by molar-refractivity contribution is 5.55. The largest absolute Gasteiger partial charge is 0.493 e. The molecule has 3 rings (SSSR count). The maximum atomic E-state index is 5.95. The van der Waals surface area contributed by atoms with E-state index in [1.165, 1.54) is 0 Å². The summed E-state index contributed by atoms with van der Waals surface area (Å²) in [6.07, 6.45) is 0. The number of rotatable bonds is 6. The molecule has 130 valence electrons. The van der Waals surface area contributed by atoms with Crippen LogP contribution >= 0.6 is 0 Å². The molecule has 0 bridgehead atoms. The van der Waals surface area contributed by atoms with E-state index in [1.807, 2.05) is 61.0 Å². The summed E-state index contributed by atoms with van der Waals surface area (Å²) in [7, 11) is 5.14. The first kappa shape index (κ1) is 16.8. The highest BCUT2D eigenvalue weighted by Gasteiger charge is 2.16. The van der Waals surface area contributed by atoms with E-state index in [2.05, 4.69) is 10.2 Å². The molecule has 0 aliphatic heterocycles. The van der Waals surface area contributed by atoms with Crippen LogP contribution in [0.25, 0.3) is 11.4 Å². The normalized spacial score (nSPS) is 10.6. The zero-order valence-electron chi connectivity index (χ0n) is 14.8. The number of ether oxygens (including phenoxy) is 3. The highest BCUT2D eigenvalue weighted by atomic mass is 16.5. The minimum atomic E-state index is 0.256. The van der Waals surface area contributed by atoms with Gasteiger partial charge in [-0.2, -0.15) is 0 Å². The van der Waals surface area contributed by atoms with Crippen LogP contribution in [0.15, 0.2) is 42.5 Å². The van der Waals surface area contributed by atoms with Crippen molar-refractivity contribution in [3.05, 3.63) is 53.9 Å². The SMILES string of the molecule is COc1cc(C)cc(OC)c1OCc1nnc(-c2ccccc2)n1C. The Balaban J connectivity index is 1.85. The molecule has 6 nitrogen and oxygen atoms in total. The summed E-state index contributed by atoms with van der Waals surface area (Å²) in [5.74, 6) is 3.31. The Morgan fingerprint density at radius 3 is 2.20 bits per heavy atom. The molecule has 0 unspecified atom stereocenters. The van der Waals surface area contributed by atoms with Gasteiger partial charge < -0.3 is 18.8 Å². The topological polar surface area (TPSA) is 58.4 Å². The Kier molecular flexibility index (Phi) is 4.88. The van der Waals surface area contributed by atoms with E-state index in [0.29, 0.717) is 23.1 Å². The average Bonchev–Trinajstić information content (AvgIpc) is 3.01. The van der Waals surface area contributed by atoms with Gasteiger partial charge in [0.15, 0.2) is 23.1 Å². The molecule has 25 heavy (non-hydrogen) atoms. The van der Waals surface area contributed by atoms with Crippen LogP contribution < -0.4 is 14.2 Å².